The highest BCUT2D eigenvalue weighted by Crippen LogP contribution is 2.41. The summed E-state index contributed by atoms with van der Waals surface area (Å²) in [6.07, 6.45) is 1.95. The summed E-state index contributed by atoms with van der Waals surface area (Å²) in [4.78, 5) is 34.4. The maximum absolute atomic E-state index is 12.8. The van der Waals surface area contributed by atoms with Gasteiger partial charge in [-0.2, -0.15) is 0 Å². The molecule has 8 heteroatoms. The molecule has 1 aliphatic heterocycles. The predicted octanol–water partition coefficient (Wildman–Crippen LogP) is 3.47. The number of fused-ring (bicyclic) bond motifs is 3. The maximum atomic E-state index is 12.8. The molecule has 28 heavy (non-hydrogen) atoms. The lowest BCUT2D eigenvalue weighted by atomic mass is 9.88. The number of aromatic amines is 1. The Morgan fingerprint density at radius 1 is 1.29 bits per heavy atom. The van der Waals surface area contributed by atoms with Crippen molar-refractivity contribution in [1.29, 1.82) is 0 Å². The van der Waals surface area contributed by atoms with Crippen LogP contribution in [0.5, 0.6) is 0 Å². The van der Waals surface area contributed by atoms with Gasteiger partial charge in [0.25, 0.3) is 0 Å². The van der Waals surface area contributed by atoms with Crippen molar-refractivity contribution in [2.75, 3.05) is 13.0 Å². The lowest BCUT2D eigenvalue weighted by molar-refractivity contribution is -0.154. The van der Waals surface area contributed by atoms with Crippen LogP contribution in [0.25, 0.3) is 10.9 Å². The molecule has 0 radical (unpaired) electrons. The summed E-state index contributed by atoms with van der Waals surface area (Å²) in [5.74, 6) is -1.09. The largest absolute Gasteiger partial charge is 0.467 e. The molecule has 1 aliphatic rings. The van der Waals surface area contributed by atoms with Gasteiger partial charge in [-0.05, 0) is 23.3 Å². The van der Waals surface area contributed by atoms with Gasteiger partial charge in [-0.1, -0.05) is 35.9 Å². The summed E-state index contributed by atoms with van der Waals surface area (Å²) in [5, 5.41) is 1.35. The minimum Gasteiger partial charge on any atom is -0.467 e. The third kappa shape index (κ3) is 3.02. The van der Waals surface area contributed by atoms with Crippen molar-refractivity contribution in [2.45, 2.75) is 18.5 Å². The first-order chi connectivity index (χ1) is 13.5. The Kier molecular flexibility index (Phi) is 5.00. The number of carbonyl (C=O) groups excluding carboxylic acids is 2. The molecule has 3 heterocycles. The number of pyridine rings is 1. The van der Waals surface area contributed by atoms with E-state index in [9.17, 15) is 9.59 Å². The second kappa shape index (κ2) is 7.45. The number of nitrogens with zero attached hydrogens (tertiary/aromatic N) is 2. The molecule has 0 saturated heterocycles. The van der Waals surface area contributed by atoms with Crippen LogP contribution in [-0.4, -0.2) is 45.8 Å². The van der Waals surface area contributed by atoms with E-state index in [4.69, 9.17) is 27.9 Å². The number of carbonyl (C=O) groups is 2. The van der Waals surface area contributed by atoms with E-state index in [0.717, 1.165) is 27.7 Å². The highest BCUT2D eigenvalue weighted by Gasteiger charge is 2.43. The number of halogens is 2. The van der Waals surface area contributed by atoms with E-state index in [1.807, 2.05) is 24.3 Å². The maximum Gasteiger partial charge on any atom is 0.328 e. The average molecular weight is 418 g/mol. The zero-order valence-corrected chi connectivity index (χ0v) is 16.5. The van der Waals surface area contributed by atoms with E-state index in [-0.39, 0.29) is 11.8 Å². The molecule has 1 aromatic carbocycles. The zero-order chi connectivity index (χ0) is 19.8. The van der Waals surface area contributed by atoms with Crippen LogP contribution in [0.2, 0.25) is 5.15 Å². The minimum absolute atomic E-state index is 0.249. The smallest absolute Gasteiger partial charge is 0.328 e. The number of ether oxygens (including phenoxy) is 1. The van der Waals surface area contributed by atoms with Gasteiger partial charge in [-0.15, -0.1) is 11.6 Å². The number of rotatable bonds is 3. The Labute approximate surface area is 171 Å². The molecular formula is C20H17Cl2N3O3. The van der Waals surface area contributed by atoms with Gasteiger partial charge >= 0.3 is 5.97 Å². The van der Waals surface area contributed by atoms with Gasteiger partial charge in [0.2, 0.25) is 5.91 Å². The molecule has 1 N–H and O–H groups in total. The number of benzene rings is 1. The molecule has 0 bridgehead atoms. The molecule has 0 spiro atoms. The molecule has 1 amide bonds. The van der Waals surface area contributed by atoms with E-state index in [2.05, 4.69) is 9.97 Å². The van der Waals surface area contributed by atoms with Gasteiger partial charge in [0.05, 0.1) is 13.2 Å². The van der Waals surface area contributed by atoms with Crippen molar-refractivity contribution in [3.8, 4) is 0 Å². The number of H-pyrrole nitrogens is 1. The second-order valence-corrected chi connectivity index (χ2v) is 7.21. The summed E-state index contributed by atoms with van der Waals surface area (Å²) in [6.45, 7) is 0. The number of para-hydroxylation sites is 1. The molecule has 0 unspecified atom stereocenters. The van der Waals surface area contributed by atoms with E-state index in [1.54, 1.807) is 18.3 Å². The quantitative estimate of drug-likeness (QED) is 0.402. The van der Waals surface area contributed by atoms with Crippen molar-refractivity contribution in [1.82, 2.24) is 14.9 Å². The zero-order valence-electron chi connectivity index (χ0n) is 15.0. The first-order valence-electron chi connectivity index (χ1n) is 8.71. The number of nitrogens with one attached hydrogen (secondary N) is 1. The van der Waals surface area contributed by atoms with Crippen molar-refractivity contribution < 1.29 is 14.3 Å². The number of esters is 1. The normalized spacial score (nSPS) is 18.8. The Morgan fingerprint density at radius 2 is 2.07 bits per heavy atom. The number of hydrogen-bond acceptors (Lipinski definition) is 4. The fraction of sp³-hybridized carbons (Fsp3) is 0.250. The highest BCUT2D eigenvalue weighted by molar-refractivity contribution is 6.29. The van der Waals surface area contributed by atoms with Gasteiger partial charge < -0.3 is 14.6 Å². The first-order valence-corrected chi connectivity index (χ1v) is 9.62. The van der Waals surface area contributed by atoms with Crippen molar-refractivity contribution in [3.05, 3.63) is 64.6 Å². The van der Waals surface area contributed by atoms with Gasteiger partial charge in [-0.25, -0.2) is 9.78 Å². The number of amides is 1. The van der Waals surface area contributed by atoms with Crippen LogP contribution >= 0.6 is 23.2 Å². The molecule has 144 valence electrons. The summed E-state index contributed by atoms with van der Waals surface area (Å²) in [5.41, 5.74) is 3.47. The number of methoxy groups -OCH3 is 1. The van der Waals surface area contributed by atoms with Gasteiger partial charge in [0.1, 0.15) is 17.1 Å². The van der Waals surface area contributed by atoms with Crippen LogP contribution in [-0.2, 0) is 20.7 Å². The second-order valence-electron chi connectivity index (χ2n) is 6.56. The van der Waals surface area contributed by atoms with Crippen LogP contribution in [0.1, 0.15) is 22.9 Å². The average Bonchev–Trinajstić information content (AvgIpc) is 3.10. The van der Waals surface area contributed by atoms with E-state index in [1.165, 1.54) is 12.0 Å². The van der Waals surface area contributed by atoms with Gasteiger partial charge in [-0.3, -0.25) is 4.79 Å². The van der Waals surface area contributed by atoms with Crippen LogP contribution in [0, 0.1) is 0 Å². The molecule has 0 aliphatic carbocycles. The summed E-state index contributed by atoms with van der Waals surface area (Å²) >= 11 is 11.8. The fourth-order valence-corrected chi connectivity index (χ4v) is 4.13. The molecule has 6 nitrogen and oxygen atoms in total. The Hall–Kier alpha value is -2.57. The van der Waals surface area contributed by atoms with E-state index in [0.29, 0.717) is 11.6 Å². The third-order valence-corrected chi connectivity index (χ3v) is 5.53. The molecule has 4 rings (SSSR count). The molecule has 2 aromatic heterocycles. The van der Waals surface area contributed by atoms with Crippen molar-refractivity contribution in [2.24, 2.45) is 0 Å². The monoisotopic (exact) mass is 417 g/mol. The SMILES string of the molecule is COC(=O)[C@H]1Cc2c([nH]c3ccccc23)[C@@H](c2ccc(Cl)nc2)N1C(=O)CCl. The number of alkyl halides is 1. The van der Waals surface area contributed by atoms with Crippen LogP contribution in [0.15, 0.2) is 42.6 Å². The minimum atomic E-state index is -0.788. The Morgan fingerprint density at radius 3 is 2.75 bits per heavy atom. The molecule has 3 aromatic rings. The molecular weight excluding hydrogens is 401 g/mol. The molecule has 2 atom stereocenters. The first kappa shape index (κ1) is 18.8. The topological polar surface area (TPSA) is 75.3 Å². The van der Waals surface area contributed by atoms with Crippen LogP contribution < -0.4 is 0 Å². The van der Waals surface area contributed by atoms with Crippen molar-refractivity contribution in [3.63, 3.8) is 0 Å². The van der Waals surface area contributed by atoms with Crippen molar-refractivity contribution >= 4 is 46.0 Å². The molecule has 0 fully saturated rings. The third-order valence-electron chi connectivity index (χ3n) is 5.07. The Balaban J connectivity index is 1.98. The van der Waals surface area contributed by atoms with Gasteiger partial charge in [0, 0.05) is 29.2 Å². The predicted molar refractivity (Wildman–Crippen MR) is 106 cm³/mol. The van der Waals surface area contributed by atoms with Gasteiger partial charge in [0.15, 0.2) is 0 Å². The van der Waals surface area contributed by atoms with E-state index < -0.39 is 18.1 Å². The molecule has 0 saturated carbocycles. The number of aromatic nitrogens is 2. The Bertz CT molecular complexity index is 1050. The standard InChI is InChI=1S/C20H17Cl2N3O3/c1-28-20(27)15-8-13-12-4-2-3-5-14(12)24-18(13)19(25(15)17(26)9-21)11-6-7-16(22)23-10-11/h2-7,10,15,19,24H,8-9H2,1H3/t15-,19-/m1/s1. The number of hydrogen-bond donors (Lipinski definition) is 1. The fourth-order valence-electron chi connectivity index (χ4n) is 3.88. The summed E-state index contributed by atoms with van der Waals surface area (Å²) in [6, 6.07) is 9.94. The lowest BCUT2D eigenvalue weighted by Gasteiger charge is -2.40. The highest BCUT2D eigenvalue weighted by atomic mass is 35.5. The summed E-state index contributed by atoms with van der Waals surface area (Å²) in [7, 11) is 1.31. The van der Waals surface area contributed by atoms with Crippen LogP contribution in [0.3, 0.4) is 0 Å². The van der Waals surface area contributed by atoms with E-state index >= 15 is 0 Å². The van der Waals surface area contributed by atoms with Crippen LogP contribution in [0.4, 0.5) is 0 Å². The lowest BCUT2D eigenvalue weighted by Crippen LogP contribution is -2.52. The summed E-state index contributed by atoms with van der Waals surface area (Å²) < 4.78 is 5.00.